The predicted molar refractivity (Wildman–Crippen MR) is 128 cm³/mol. The van der Waals surface area contributed by atoms with Gasteiger partial charge in [0.1, 0.15) is 5.69 Å². The van der Waals surface area contributed by atoms with Crippen LogP contribution in [0.5, 0.6) is 0 Å². The smallest absolute Gasteiger partial charge is 0.212 e. The van der Waals surface area contributed by atoms with E-state index in [9.17, 15) is 0 Å². The van der Waals surface area contributed by atoms with E-state index in [4.69, 9.17) is 0 Å². The predicted octanol–water partition coefficient (Wildman–Crippen LogP) is 6.47. The van der Waals surface area contributed by atoms with E-state index in [0.717, 1.165) is 0 Å². The van der Waals surface area contributed by atoms with Gasteiger partial charge in [0.2, 0.25) is 0 Å². The summed E-state index contributed by atoms with van der Waals surface area (Å²) in [5.74, 6) is 1.33. The first-order valence-electron chi connectivity index (χ1n) is 11.2. The third-order valence-corrected chi connectivity index (χ3v) is 6.84. The van der Waals surface area contributed by atoms with Crippen LogP contribution in [0.25, 0.3) is 16.9 Å². The second-order valence-corrected chi connectivity index (χ2v) is 9.95. The number of imidazole rings is 1. The first kappa shape index (κ1) is 19.8. The number of para-hydroxylation sites is 1. The fourth-order valence-corrected chi connectivity index (χ4v) is 5.44. The van der Waals surface area contributed by atoms with Gasteiger partial charge in [-0.2, -0.15) is 4.57 Å². The number of hydrogen-bond acceptors (Lipinski definition) is 0. The summed E-state index contributed by atoms with van der Waals surface area (Å²) in [6.07, 6.45) is 0. The molecule has 0 aliphatic carbocycles. The van der Waals surface area contributed by atoms with Crippen molar-refractivity contribution in [3.8, 4) is 16.9 Å². The third-order valence-electron chi connectivity index (χ3n) is 6.84. The Balaban J connectivity index is 1.98. The number of rotatable bonds is 2. The summed E-state index contributed by atoms with van der Waals surface area (Å²) in [5.41, 5.74) is 8.89. The molecule has 2 nitrogen and oxygen atoms in total. The number of nitrogens with zero attached hydrogens (tertiary/aromatic N) is 2. The summed E-state index contributed by atoms with van der Waals surface area (Å²) in [4.78, 5) is 0. The first-order chi connectivity index (χ1) is 14.8. The molecule has 1 unspecified atom stereocenters. The molecule has 5 rings (SSSR count). The van der Waals surface area contributed by atoms with Crippen LogP contribution in [-0.2, 0) is 11.0 Å². The van der Waals surface area contributed by atoms with Crippen molar-refractivity contribution in [1.82, 2.24) is 4.57 Å². The number of benzene rings is 3. The first-order valence-corrected chi connectivity index (χ1v) is 11.2. The van der Waals surface area contributed by atoms with Crippen molar-refractivity contribution in [3.63, 3.8) is 0 Å². The van der Waals surface area contributed by atoms with E-state index in [1.165, 1.54) is 45.2 Å². The van der Waals surface area contributed by atoms with Gasteiger partial charge >= 0.3 is 0 Å². The van der Waals surface area contributed by atoms with E-state index in [1.54, 1.807) is 0 Å². The summed E-state index contributed by atoms with van der Waals surface area (Å²) in [5, 5.41) is 0. The molecule has 0 N–H and O–H groups in total. The highest BCUT2D eigenvalue weighted by atomic mass is 15.2. The average molecular weight is 408 g/mol. The van der Waals surface area contributed by atoms with E-state index >= 15 is 0 Å². The summed E-state index contributed by atoms with van der Waals surface area (Å²) < 4.78 is 5.12. The Bertz CT molecular complexity index is 1290. The zero-order valence-corrected chi connectivity index (χ0v) is 19.4. The van der Waals surface area contributed by atoms with Gasteiger partial charge in [0.05, 0.1) is 5.41 Å². The molecule has 0 radical (unpaired) electrons. The molecular formula is C29H31N2+. The SMILES string of the molecule is Cc1ccccc1-n1c(C)c2[n+](c1C(C)(C)C)C(C)(c1ccccc1)c1ccccc1-2. The lowest BCUT2D eigenvalue weighted by atomic mass is 9.83. The fourth-order valence-electron chi connectivity index (χ4n) is 5.44. The van der Waals surface area contributed by atoms with Gasteiger partial charge in [-0.15, -0.1) is 0 Å². The van der Waals surface area contributed by atoms with Crippen LogP contribution >= 0.6 is 0 Å². The van der Waals surface area contributed by atoms with Gasteiger partial charge < -0.3 is 0 Å². The second-order valence-electron chi connectivity index (χ2n) is 9.95. The molecule has 1 aromatic heterocycles. The van der Waals surface area contributed by atoms with Crippen LogP contribution in [0, 0.1) is 13.8 Å². The van der Waals surface area contributed by atoms with Crippen LogP contribution in [0.4, 0.5) is 0 Å². The van der Waals surface area contributed by atoms with Gasteiger partial charge in [0.25, 0.3) is 5.82 Å². The van der Waals surface area contributed by atoms with E-state index < -0.39 is 0 Å². The van der Waals surface area contributed by atoms with Crippen LogP contribution in [0.15, 0.2) is 78.9 Å². The van der Waals surface area contributed by atoms with Gasteiger partial charge in [-0.05, 0) is 46.2 Å². The molecule has 0 saturated heterocycles. The fraction of sp³-hybridized carbons (Fsp3) is 0.276. The van der Waals surface area contributed by atoms with Crippen molar-refractivity contribution in [2.45, 2.75) is 52.5 Å². The van der Waals surface area contributed by atoms with Crippen LogP contribution < -0.4 is 4.57 Å². The maximum Gasteiger partial charge on any atom is 0.268 e. The lowest BCUT2D eigenvalue weighted by Gasteiger charge is -2.29. The van der Waals surface area contributed by atoms with Crippen molar-refractivity contribution in [3.05, 3.63) is 107 Å². The molecule has 4 aromatic rings. The standard InChI is InChI=1S/C29H31N2/c1-20-14-10-13-19-25(20)30-21(2)26-23-17-11-12-18-24(23)29(6,22-15-8-7-9-16-22)31(26)27(30)28(3,4)5/h7-19H,1-6H3/q+1. The van der Waals surface area contributed by atoms with Crippen LogP contribution in [0.1, 0.15) is 55.9 Å². The maximum absolute atomic E-state index is 2.62. The second kappa shape index (κ2) is 6.68. The van der Waals surface area contributed by atoms with Crippen LogP contribution in [-0.4, -0.2) is 4.57 Å². The van der Waals surface area contributed by atoms with Crippen molar-refractivity contribution in [1.29, 1.82) is 0 Å². The molecule has 156 valence electrons. The zero-order valence-electron chi connectivity index (χ0n) is 19.4. The number of hydrogen-bond donors (Lipinski definition) is 0. The van der Waals surface area contributed by atoms with Gasteiger partial charge in [-0.25, -0.2) is 4.57 Å². The minimum Gasteiger partial charge on any atom is -0.212 e. The third kappa shape index (κ3) is 2.67. The van der Waals surface area contributed by atoms with Crippen molar-refractivity contribution in [2.75, 3.05) is 0 Å². The van der Waals surface area contributed by atoms with Crippen molar-refractivity contribution >= 4 is 0 Å². The van der Waals surface area contributed by atoms with E-state index in [0.29, 0.717) is 0 Å². The summed E-state index contributed by atoms with van der Waals surface area (Å²) in [6, 6.07) is 28.6. The Morgan fingerprint density at radius 2 is 1.39 bits per heavy atom. The molecule has 0 fully saturated rings. The van der Waals surface area contributed by atoms with Gasteiger partial charge in [0.15, 0.2) is 16.9 Å². The van der Waals surface area contributed by atoms with E-state index in [-0.39, 0.29) is 11.0 Å². The highest BCUT2D eigenvalue weighted by molar-refractivity contribution is 5.70. The molecule has 31 heavy (non-hydrogen) atoms. The lowest BCUT2D eigenvalue weighted by Crippen LogP contribution is -2.57. The summed E-state index contributed by atoms with van der Waals surface area (Å²) >= 11 is 0. The quantitative estimate of drug-likeness (QED) is 0.337. The summed E-state index contributed by atoms with van der Waals surface area (Å²) in [7, 11) is 0. The van der Waals surface area contributed by atoms with Crippen LogP contribution in [0.2, 0.25) is 0 Å². The van der Waals surface area contributed by atoms with Gasteiger partial charge in [-0.3, -0.25) is 0 Å². The Kier molecular flexibility index (Phi) is 4.27. The molecule has 0 saturated carbocycles. The Hall–Kier alpha value is -3.13. The highest BCUT2D eigenvalue weighted by Gasteiger charge is 2.53. The van der Waals surface area contributed by atoms with E-state index in [1.807, 2.05) is 0 Å². The molecule has 1 atom stereocenters. The topological polar surface area (TPSA) is 8.81 Å². The maximum atomic E-state index is 2.62. The van der Waals surface area contributed by atoms with Gasteiger partial charge in [0, 0.05) is 23.6 Å². The molecule has 2 heterocycles. The monoisotopic (exact) mass is 407 g/mol. The minimum atomic E-state index is -0.269. The molecule has 0 bridgehead atoms. The molecule has 1 aliphatic heterocycles. The van der Waals surface area contributed by atoms with E-state index in [2.05, 4.69) is 130 Å². The molecule has 0 amide bonds. The molecule has 0 spiro atoms. The van der Waals surface area contributed by atoms with Crippen molar-refractivity contribution < 1.29 is 4.57 Å². The molecule has 2 heteroatoms. The number of aromatic nitrogens is 2. The Morgan fingerprint density at radius 1 is 0.774 bits per heavy atom. The lowest BCUT2D eigenvalue weighted by molar-refractivity contribution is -0.734. The van der Waals surface area contributed by atoms with Crippen LogP contribution in [0.3, 0.4) is 0 Å². The number of fused-ring (bicyclic) bond motifs is 3. The zero-order chi connectivity index (χ0) is 22.0. The Labute approximate surface area is 185 Å². The minimum absolute atomic E-state index is 0.0522. The molecular weight excluding hydrogens is 376 g/mol. The normalized spacial score (nSPS) is 17.5. The molecule has 3 aromatic carbocycles. The van der Waals surface area contributed by atoms with Crippen molar-refractivity contribution in [2.24, 2.45) is 0 Å². The largest absolute Gasteiger partial charge is 0.268 e. The average Bonchev–Trinajstić information content (AvgIpc) is 3.21. The highest BCUT2D eigenvalue weighted by Crippen LogP contribution is 2.46. The number of aryl methyl sites for hydroxylation is 1. The summed E-state index contributed by atoms with van der Waals surface area (Å²) in [6.45, 7) is 13.9. The Morgan fingerprint density at radius 3 is 2.06 bits per heavy atom. The molecule has 1 aliphatic rings. The van der Waals surface area contributed by atoms with Gasteiger partial charge in [-0.1, -0.05) is 72.8 Å².